The van der Waals surface area contributed by atoms with Gasteiger partial charge in [-0.3, -0.25) is 9.69 Å². The highest BCUT2D eigenvalue weighted by molar-refractivity contribution is 5.79. The Morgan fingerprint density at radius 1 is 1.38 bits per heavy atom. The number of hydrogen-bond acceptors (Lipinski definition) is 3. The lowest BCUT2D eigenvalue weighted by molar-refractivity contribution is -0.121. The molecule has 1 saturated carbocycles. The zero-order chi connectivity index (χ0) is 9.26. The summed E-state index contributed by atoms with van der Waals surface area (Å²) in [6.45, 7) is 1.75. The number of ketones is 1. The summed E-state index contributed by atoms with van der Waals surface area (Å²) in [4.78, 5) is 13.5. The van der Waals surface area contributed by atoms with E-state index in [1.54, 1.807) is 0 Å². The molecule has 0 bridgehead atoms. The monoisotopic (exact) mass is 183 g/mol. The van der Waals surface area contributed by atoms with Crippen molar-refractivity contribution in [2.75, 3.05) is 13.1 Å². The van der Waals surface area contributed by atoms with Crippen LogP contribution in [0.15, 0.2) is 0 Å². The van der Waals surface area contributed by atoms with Crippen molar-refractivity contribution < 1.29 is 9.90 Å². The van der Waals surface area contributed by atoms with Crippen LogP contribution in [-0.2, 0) is 4.79 Å². The molecule has 1 aliphatic carbocycles. The van der Waals surface area contributed by atoms with Crippen LogP contribution in [0.3, 0.4) is 0 Å². The summed E-state index contributed by atoms with van der Waals surface area (Å²) in [5.41, 5.74) is 0. The standard InChI is InChI=1S/C10H17NO2/c12-9-3-1-2-8(6-9)11-5-4-10(13)7-11/h8,10,13H,1-7H2. The van der Waals surface area contributed by atoms with Crippen molar-refractivity contribution >= 4 is 5.78 Å². The van der Waals surface area contributed by atoms with Crippen molar-refractivity contribution in [3.8, 4) is 0 Å². The van der Waals surface area contributed by atoms with Crippen molar-refractivity contribution in [2.45, 2.75) is 44.2 Å². The molecule has 2 atom stereocenters. The van der Waals surface area contributed by atoms with Crippen LogP contribution < -0.4 is 0 Å². The second kappa shape index (κ2) is 3.76. The number of aliphatic hydroxyl groups is 1. The summed E-state index contributed by atoms with van der Waals surface area (Å²) < 4.78 is 0. The fourth-order valence-electron chi connectivity index (χ4n) is 2.41. The topological polar surface area (TPSA) is 40.5 Å². The van der Waals surface area contributed by atoms with Crippen LogP contribution in [0.25, 0.3) is 0 Å². The highest BCUT2D eigenvalue weighted by Crippen LogP contribution is 2.23. The Labute approximate surface area is 78.7 Å². The zero-order valence-corrected chi connectivity index (χ0v) is 7.91. The molecule has 0 radical (unpaired) electrons. The van der Waals surface area contributed by atoms with Crippen LogP contribution in [-0.4, -0.2) is 41.0 Å². The Morgan fingerprint density at radius 2 is 2.23 bits per heavy atom. The molecule has 0 amide bonds. The average molecular weight is 183 g/mol. The van der Waals surface area contributed by atoms with E-state index in [-0.39, 0.29) is 6.10 Å². The van der Waals surface area contributed by atoms with E-state index in [1.165, 1.54) is 0 Å². The maximum Gasteiger partial charge on any atom is 0.134 e. The fraction of sp³-hybridized carbons (Fsp3) is 0.900. The molecule has 1 aliphatic heterocycles. The lowest BCUT2D eigenvalue weighted by Crippen LogP contribution is -2.37. The first-order valence-corrected chi connectivity index (χ1v) is 5.19. The Bertz CT molecular complexity index is 205. The third-order valence-electron chi connectivity index (χ3n) is 3.17. The van der Waals surface area contributed by atoms with Gasteiger partial charge >= 0.3 is 0 Å². The van der Waals surface area contributed by atoms with Gasteiger partial charge in [-0.2, -0.15) is 0 Å². The highest BCUT2D eigenvalue weighted by atomic mass is 16.3. The van der Waals surface area contributed by atoms with Crippen molar-refractivity contribution in [3.63, 3.8) is 0 Å². The third-order valence-corrected chi connectivity index (χ3v) is 3.17. The van der Waals surface area contributed by atoms with Crippen LogP contribution in [0.5, 0.6) is 0 Å². The van der Waals surface area contributed by atoms with Gasteiger partial charge < -0.3 is 5.11 Å². The number of likely N-dealkylation sites (tertiary alicyclic amines) is 1. The summed E-state index contributed by atoms with van der Waals surface area (Å²) in [6, 6.07) is 0.429. The number of Topliss-reactive ketones (excluding diaryl/α,β-unsaturated/α-hetero) is 1. The van der Waals surface area contributed by atoms with Crippen LogP contribution in [0.2, 0.25) is 0 Å². The van der Waals surface area contributed by atoms with Gasteiger partial charge in [-0.05, 0) is 19.3 Å². The van der Waals surface area contributed by atoms with Gasteiger partial charge in [0, 0.05) is 32.0 Å². The molecule has 2 fully saturated rings. The lowest BCUT2D eigenvalue weighted by atomic mass is 9.93. The average Bonchev–Trinajstić information content (AvgIpc) is 2.52. The maximum atomic E-state index is 11.2. The molecule has 0 aromatic heterocycles. The summed E-state index contributed by atoms with van der Waals surface area (Å²) in [6.07, 6.45) is 4.39. The van der Waals surface area contributed by atoms with E-state index in [4.69, 9.17) is 0 Å². The Morgan fingerprint density at radius 3 is 2.85 bits per heavy atom. The Balaban J connectivity index is 1.89. The molecule has 0 aromatic carbocycles. The number of carbonyl (C=O) groups is 1. The smallest absolute Gasteiger partial charge is 0.134 e. The first kappa shape index (κ1) is 9.16. The molecule has 2 rings (SSSR count). The van der Waals surface area contributed by atoms with E-state index >= 15 is 0 Å². The molecule has 74 valence electrons. The minimum Gasteiger partial charge on any atom is -0.392 e. The van der Waals surface area contributed by atoms with E-state index < -0.39 is 0 Å². The number of aliphatic hydroxyl groups excluding tert-OH is 1. The number of carbonyl (C=O) groups excluding carboxylic acids is 1. The molecule has 3 nitrogen and oxygen atoms in total. The quantitative estimate of drug-likeness (QED) is 0.646. The number of hydrogen-bond donors (Lipinski definition) is 1. The molecular weight excluding hydrogens is 166 g/mol. The van der Waals surface area contributed by atoms with E-state index in [9.17, 15) is 9.90 Å². The predicted molar refractivity (Wildman–Crippen MR) is 49.5 cm³/mol. The fourth-order valence-corrected chi connectivity index (χ4v) is 2.41. The van der Waals surface area contributed by atoms with E-state index in [0.29, 0.717) is 18.2 Å². The van der Waals surface area contributed by atoms with Gasteiger partial charge in [0.1, 0.15) is 5.78 Å². The van der Waals surface area contributed by atoms with Crippen molar-refractivity contribution in [1.82, 2.24) is 4.90 Å². The first-order valence-electron chi connectivity index (χ1n) is 5.19. The lowest BCUT2D eigenvalue weighted by Gasteiger charge is -2.29. The molecule has 1 heterocycles. The van der Waals surface area contributed by atoms with Crippen LogP contribution in [0, 0.1) is 0 Å². The minimum absolute atomic E-state index is 0.156. The molecule has 1 N–H and O–H groups in total. The first-order chi connectivity index (χ1) is 6.25. The molecule has 0 spiro atoms. The summed E-state index contributed by atoms with van der Waals surface area (Å²) in [5, 5.41) is 9.37. The van der Waals surface area contributed by atoms with Crippen LogP contribution >= 0.6 is 0 Å². The maximum absolute atomic E-state index is 11.2. The summed E-state index contributed by atoms with van der Waals surface area (Å²) >= 11 is 0. The summed E-state index contributed by atoms with van der Waals surface area (Å²) in [5.74, 6) is 0.401. The second-order valence-electron chi connectivity index (χ2n) is 4.23. The molecule has 2 unspecified atom stereocenters. The van der Waals surface area contributed by atoms with Crippen molar-refractivity contribution in [1.29, 1.82) is 0 Å². The Hall–Kier alpha value is -0.410. The van der Waals surface area contributed by atoms with Gasteiger partial charge in [-0.1, -0.05) is 0 Å². The van der Waals surface area contributed by atoms with Crippen LogP contribution in [0.1, 0.15) is 32.1 Å². The zero-order valence-electron chi connectivity index (χ0n) is 7.91. The molecule has 2 aliphatic rings. The second-order valence-corrected chi connectivity index (χ2v) is 4.23. The van der Waals surface area contributed by atoms with Gasteiger partial charge in [0.05, 0.1) is 6.10 Å². The van der Waals surface area contributed by atoms with E-state index in [2.05, 4.69) is 4.90 Å². The molecule has 0 aromatic rings. The van der Waals surface area contributed by atoms with Crippen molar-refractivity contribution in [3.05, 3.63) is 0 Å². The van der Waals surface area contributed by atoms with Gasteiger partial charge in [-0.25, -0.2) is 0 Å². The van der Waals surface area contributed by atoms with E-state index in [0.717, 1.165) is 38.8 Å². The van der Waals surface area contributed by atoms with Gasteiger partial charge in [-0.15, -0.1) is 0 Å². The highest BCUT2D eigenvalue weighted by Gasteiger charge is 2.30. The normalized spacial score (nSPS) is 36.8. The van der Waals surface area contributed by atoms with Crippen molar-refractivity contribution in [2.24, 2.45) is 0 Å². The number of rotatable bonds is 1. The molecular formula is C10H17NO2. The molecule has 13 heavy (non-hydrogen) atoms. The third kappa shape index (κ3) is 2.09. The largest absolute Gasteiger partial charge is 0.392 e. The van der Waals surface area contributed by atoms with Gasteiger partial charge in [0.2, 0.25) is 0 Å². The van der Waals surface area contributed by atoms with Gasteiger partial charge in [0.15, 0.2) is 0 Å². The summed E-state index contributed by atoms with van der Waals surface area (Å²) in [7, 11) is 0. The molecule has 3 heteroatoms. The van der Waals surface area contributed by atoms with Gasteiger partial charge in [0.25, 0.3) is 0 Å². The Kier molecular flexibility index (Phi) is 2.65. The number of nitrogens with zero attached hydrogens (tertiary/aromatic N) is 1. The number of β-amino-alcohol motifs (C(OH)–C–C–N with tert-alkyl or cyclic N) is 1. The predicted octanol–water partition coefficient (Wildman–Crippen LogP) is 0.565. The SMILES string of the molecule is O=C1CCCC(N2CCC(O)C2)C1. The van der Waals surface area contributed by atoms with E-state index in [1.807, 2.05) is 0 Å². The molecule has 1 saturated heterocycles. The minimum atomic E-state index is -0.156. The van der Waals surface area contributed by atoms with Crippen LogP contribution in [0.4, 0.5) is 0 Å².